The van der Waals surface area contributed by atoms with Gasteiger partial charge in [0.15, 0.2) is 5.78 Å². The van der Waals surface area contributed by atoms with Gasteiger partial charge in [0.05, 0.1) is 23.4 Å². The van der Waals surface area contributed by atoms with Crippen molar-refractivity contribution in [2.75, 3.05) is 0 Å². The second-order valence-corrected chi connectivity index (χ2v) is 10.8. The number of rotatable bonds is 1. The van der Waals surface area contributed by atoms with Gasteiger partial charge in [-0.15, -0.1) is 0 Å². The molecule has 4 aliphatic carbocycles. The fourth-order valence-electron chi connectivity index (χ4n) is 8.13. The summed E-state index contributed by atoms with van der Waals surface area (Å²) in [4.78, 5) is 25.2. The van der Waals surface area contributed by atoms with E-state index >= 15 is 0 Å². The third kappa shape index (κ3) is 2.41. The van der Waals surface area contributed by atoms with Gasteiger partial charge in [0.2, 0.25) is 0 Å². The average Bonchev–Trinajstić information content (AvgIpc) is 3.00. The Kier molecular flexibility index (Phi) is 4.42. The average molecular weight is 417 g/mol. The molecule has 0 bridgehead atoms. The SMILES string of the molecule is C[C@]12CC[C@H](O)C[C@H]1CCC1C2C(O)C(=O)[C@]2(C)C(c3ccc(=O)oc3)CC[C@]12O. The molecule has 1 aromatic rings. The summed E-state index contributed by atoms with van der Waals surface area (Å²) >= 11 is 0. The minimum Gasteiger partial charge on any atom is -0.431 e. The number of carbonyl (C=O) groups excluding carboxylic acids is 1. The van der Waals surface area contributed by atoms with Gasteiger partial charge in [0.1, 0.15) is 6.10 Å². The van der Waals surface area contributed by atoms with Crippen LogP contribution in [0.5, 0.6) is 0 Å². The summed E-state index contributed by atoms with van der Waals surface area (Å²) in [5.41, 5.74) is -2.29. The van der Waals surface area contributed by atoms with Crippen LogP contribution in [0, 0.1) is 28.6 Å². The van der Waals surface area contributed by atoms with Crippen molar-refractivity contribution in [3.63, 3.8) is 0 Å². The van der Waals surface area contributed by atoms with Crippen molar-refractivity contribution in [1.29, 1.82) is 0 Å². The van der Waals surface area contributed by atoms with Crippen molar-refractivity contribution < 1.29 is 24.5 Å². The third-order valence-corrected chi connectivity index (χ3v) is 9.80. The molecule has 4 fully saturated rings. The Hall–Kier alpha value is -1.50. The molecule has 0 aromatic carbocycles. The van der Waals surface area contributed by atoms with Gasteiger partial charge in [-0.2, -0.15) is 0 Å². The highest BCUT2D eigenvalue weighted by Gasteiger charge is 2.73. The van der Waals surface area contributed by atoms with Gasteiger partial charge < -0.3 is 19.7 Å². The van der Waals surface area contributed by atoms with E-state index in [4.69, 9.17) is 4.42 Å². The lowest BCUT2D eigenvalue weighted by Crippen LogP contribution is -2.70. The van der Waals surface area contributed by atoms with Crippen LogP contribution in [0.1, 0.15) is 70.3 Å². The number of carbonyl (C=O) groups is 1. The summed E-state index contributed by atoms with van der Waals surface area (Å²) in [5, 5.41) is 33.7. The summed E-state index contributed by atoms with van der Waals surface area (Å²) in [6, 6.07) is 3.03. The number of ketones is 1. The molecule has 1 heterocycles. The predicted octanol–water partition coefficient (Wildman–Crippen LogP) is 2.39. The summed E-state index contributed by atoms with van der Waals surface area (Å²) in [6.07, 6.45) is 4.88. The maximum atomic E-state index is 13.8. The molecule has 0 amide bonds. The largest absolute Gasteiger partial charge is 0.431 e. The topological polar surface area (TPSA) is 108 Å². The van der Waals surface area contributed by atoms with Crippen LogP contribution in [0.3, 0.4) is 0 Å². The fourth-order valence-corrected chi connectivity index (χ4v) is 8.13. The number of hydrogen-bond donors (Lipinski definition) is 3. The first-order valence-corrected chi connectivity index (χ1v) is 11.3. The Labute approximate surface area is 176 Å². The lowest BCUT2D eigenvalue weighted by molar-refractivity contribution is -0.228. The van der Waals surface area contributed by atoms with Crippen molar-refractivity contribution in [3.8, 4) is 0 Å². The van der Waals surface area contributed by atoms with E-state index in [2.05, 4.69) is 6.92 Å². The van der Waals surface area contributed by atoms with Crippen molar-refractivity contribution in [1.82, 2.24) is 0 Å². The first kappa shape index (κ1) is 20.4. The monoisotopic (exact) mass is 416 g/mol. The third-order valence-electron chi connectivity index (χ3n) is 9.80. The standard InChI is InChI=1S/C24H32O6/c1-22-9-7-15(25)11-14(22)4-5-17-19(22)20(27)21(28)23(2)16(8-10-24(17,23)29)13-3-6-18(26)30-12-13/h3,6,12,14-17,19-20,25,27,29H,4-5,7-11H2,1-2H3/t14-,15+,16?,17?,19?,20?,22+,23+,24+/m1/s1. The second-order valence-electron chi connectivity index (χ2n) is 10.8. The van der Waals surface area contributed by atoms with Gasteiger partial charge in [0, 0.05) is 17.9 Å². The quantitative estimate of drug-likeness (QED) is 0.649. The maximum absolute atomic E-state index is 13.8. The van der Waals surface area contributed by atoms with Gasteiger partial charge >= 0.3 is 5.63 Å². The molecular weight excluding hydrogens is 384 g/mol. The normalized spacial score (nSPS) is 50.5. The summed E-state index contributed by atoms with van der Waals surface area (Å²) in [7, 11) is 0. The Bertz CT molecular complexity index is 904. The zero-order chi connectivity index (χ0) is 21.5. The number of aliphatic hydroxyl groups excluding tert-OH is 2. The zero-order valence-corrected chi connectivity index (χ0v) is 17.7. The van der Waals surface area contributed by atoms with Crippen LogP contribution in [0.25, 0.3) is 0 Å². The molecule has 0 radical (unpaired) electrons. The van der Waals surface area contributed by atoms with E-state index in [1.54, 1.807) is 13.0 Å². The van der Waals surface area contributed by atoms with Crippen LogP contribution in [-0.4, -0.2) is 38.9 Å². The minimum absolute atomic E-state index is 0.160. The summed E-state index contributed by atoms with van der Waals surface area (Å²) < 4.78 is 5.06. The highest BCUT2D eigenvalue weighted by molar-refractivity contribution is 5.93. The van der Waals surface area contributed by atoms with E-state index < -0.39 is 22.7 Å². The molecule has 164 valence electrons. The van der Waals surface area contributed by atoms with Crippen LogP contribution >= 0.6 is 0 Å². The maximum Gasteiger partial charge on any atom is 0.335 e. The van der Waals surface area contributed by atoms with E-state index in [0.29, 0.717) is 25.7 Å². The Morgan fingerprint density at radius 2 is 1.80 bits per heavy atom. The van der Waals surface area contributed by atoms with Crippen molar-refractivity contribution in [3.05, 3.63) is 34.4 Å². The van der Waals surface area contributed by atoms with Crippen LogP contribution in [0.15, 0.2) is 27.6 Å². The van der Waals surface area contributed by atoms with Gasteiger partial charge in [-0.25, -0.2) is 4.79 Å². The van der Waals surface area contributed by atoms with Crippen LogP contribution in [-0.2, 0) is 4.79 Å². The van der Waals surface area contributed by atoms with Crippen LogP contribution in [0.2, 0.25) is 0 Å². The van der Waals surface area contributed by atoms with Crippen LogP contribution in [0.4, 0.5) is 0 Å². The molecule has 30 heavy (non-hydrogen) atoms. The van der Waals surface area contributed by atoms with E-state index in [1.807, 2.05) is 0 Å². The zero-order valence-electron chi connectivity index (χ0n) is 17.7. The molecule has 6 nitrogen and oxygen atoms in total. The molecule has 1 aromatic heterocycles. The number of fused-ring (bicyclic) bond motifs is 5. The van der Waals surface area contributed by atoms with E-state index in [0.717, 1.165) is 24.8 Å². The van der Waals surface area contributed by atoms with Crippen molar-refractivity contribution in [2.45, 2.75) is 82.5 Å². The van der Waals surface area contributed by atoms with Gasteiger partial charge in [0.25, 0.3) is 0 Å². The first-order chi connectivity index (χ1) is 14.1. The predicted molar refractivity (Wildman–Crippen MR) is 109 cm³/mol. The Balaban J connectivity index is 1.58. The molecule has 6 heteroatoms. The number of aliphatic hydroxyl groups is 3. The molecule has 9 atom stereocenters. The highest BCUT2D eigenvalue weighted by Crippen LogP contribution is 2.69. The molecule has 0 aliphatic heterocycles. The molecule has 4 aliphatic rings. The second kappa shape index (κ2) is 6.50. The highest BCUT2D eigenvalue weighted by atomic mass is 16.4. The molecule has 4 unspecified atom stereocenters. The Morgan fingerprint density at radius 3 is 2.50 bits per heavy atom. The summed E-state index contributed by atoms with van der Waals surface area (Å²) in [6.45, 7) is 3.96. The lowest BCUT2D eigenvalue weighted by atomic mass is 9.42. The molecule has 0 saturated heterocycles. The summed E-state index contributed by atoms with van der Waals surface area (Å²) in [5.74, 6) is -0.769. The van der Waals surface area contributed by atoms with E-state index in [-0.39, 0.29) is 41.0 Å². The smallest absolute Gasteiger partial charge is 0.335 e. The van der Waals surface area contributed by atoms with E-state index in [1.165, 1.54) is 12.3 Å². The number of Topliss-reactive ketones (excluding diaryl/α,β-unsaturated/α-hetero) is 1. The van der Waals surface area contributed by atoms with E-state index in [9.17, 15) is 24.9 Å². The fraction of sp³-hybridized carbons (Fsp3) is 0.750. The lowest BCUT2D eigenvalue weighted by Gasteiger charge is -2.64. The Morgan fingerprint density at radius 1 is 1.03 bits per heavy atom. The molecule has 4 saturated carbocycles. The molecule has 0 spiro atoms. The number of hydrogen-bond acceptors (Lipinski definition) is 6. The first-order valence-electron chi connectivity index (χ1n) is 11.3. The minimum atomic E-state index is -1.20. The van der Waals surface area contributed by atoms with Gasteiger partial charge in [-0.05, 0) is 80.8 Å². The molecular formula is C24H32O6. The van der Waals surface area contributed by atoms with Gasteiger partial charge in [-0.3, -0.25) is 4.79 Å². The van der Waals surface area contributed by atoms with Crippen molar-refractivity contribution >= 4 is 5.78 Å². The van der Waals surface area contributed by atoms with Crippen LogP contribution < -0.4 is 5.63 Å². The van der Waals surface area contributed by atoms with Gasteiger partial charge in [-0.1, -0.05) is 6.92 Å². The molecule has 5 rings (SSSR count). The van der Waals surface area contributed by atoms with Crippen molar-refractivity contribution in [2.24, 2.45) is 28.6 Å². The molecule has 3 N–H and O–H groups in total.